The predicted molar refractivity (Wildman–Crippen MR) is 103 cm³/mol. The third-order valence-electron chi connectivity index (χ3n) is 5.21. The van der Waals surface area contributed by atoms with Crippen LogP contribution in [0, 0.1) is 11.8 Å². The molecule has 3 rings (SSSR count). The Hall–Kier alpha value is -2.02. The van der Waals surface area contributed by atoms with Crippen molar-refractivity contribution in [2.24, 2.45) is 11.8 Å². The number of methoxy groups -OCH3 is 1. The average molecular weight is 375 g/mol. The highest BCUT2D eigenvalue weighted by molar-refractivity contribution is 7.99. The summed E-state index contributed by atoms with van der Waals surface area (Å²) in [6.07, 6.45) is 3.52. The maximum Gasteiger partial charge on any atom is 0.230 e. The topological polar surface area (TPSA) is 79.9 Å². The Labute approximate surface area is 158 Å². The molecule has 1 amide bonds. The molecule has 0 unspecified atom stereocenters. The molecule has 1 saturated carbocycles. The van der Waals surface area contributed by atoms with Crippen LogP contribution in [0.1, 0.15) is 33.1 Å². The molecule has 1 aromatic heterocycles. The molecule has 1 heterocycles. The Morgan fingerprint density at radius 2 is 2.08 bits per heavy atom. The SMILES string of the molecule is COc1ccc(-c2nc(SCC(=O)N[C@H]3CCC[C@@H](C)[C@H]3C)n[nH]2)cc1. The highest BCUT2D eigenvalue weighted by Gasteiger charge is 2.28. The Kier molecular flexibility index (Phi) is 6.19. The molecule has 6 nitrogen and oxygen atoms in total. The summed E-state index contributed by atoms with van der Waals surface area (Å²) in [4.78, 5) is 16.7. The first kappa shape index (κ1) is 18.8. The highest BCUT2D eigenvalue weighted by Crippen LogP contribution is 2.29. The van der Waals surface area contributed by atoms with Crippen molar-refractivity contribution in [2.75, 3.05) is 12.9 Å². The van der Waals surface area contributed by atoms with Gasteiger partial charge in [-0.05, 0) is 42.5 Å². The molecule has 3 atom stereocenters. The second kappa shape index (κ2) is 8.58. The van der Waals surface area contributed by atoms with Crippen LogP contribution in [-0.2, 0) is 4.79 Å². The minimum absolute atomic E-state index is 0.0525. The molecule has 1 fully saturated rings. The Morgan fingerprint density at radius 3 is 2.81 bits per heavy atom. The third kappa shape index (κ3) is 4.58. The number of thioether (sulfide) groups is 1. The Balaban J connectivity index is 1.51. The van der Waals surface area contributed by atoms with Crippen molar-refractivity contribution in [1.82, 2.24) is 20.5 Å². The summed E-state index contributed by atoms with van der Waals surface area (Å²) in [6.45, 7) is 4.50. The number of aromatic nitrogens is 3. The lowest BCUT2D eigenvalue weighted by atomic mass is 9.78. The van der Waals surface area contributed by atoms with Crippen molar-refractivity contribution in [1.29, 1.82) is 0 Å². The number of hydrogen-bond acceptors (Lipinski definition) is 5. The van der Waals surface area contributed by atoms with E-state index in [0.717, 1.165) is 17.7 Å². The first-order valence-electron chi connectivity index (χ1n) is 9.06. The standard InChI is InChI=1S/C19H26N4O2S/c1-12-5-4-6-16(13(12)2)20-17(24)11-26-19-21-18(22-23-19)14-7-9-15(25-3)10-8-14/h7-10,12-13,16H,4-6,11H2,1-3H3,(H,20,24)(H,21,22,23)/t12-,13-,16+/m1/s1. The summed E-state index contributed by atoms with van der Waals surface area (Å²) in [5, 5.41) is 10.9. The summed E-state index contributed by atoms with van der Waals surface area (Å²) in [6, 6.07) is 7.89. The third-order valence-corrected chi connectivity index (χ3v) is 6.06. The van der Waals surface area contributed by atoms with Crippen LogP contribution in [0.15, 0.2) is 29.4 Å². The van der Waals surface area contributed by atoms with E-state index in [4.69, 9.17) is 4.74 Å². The molecule has 1 aliphatic rings. The van der Waals surface area contributed by atoms with Crippen molar-refractivity contribution >= 4 is 17.7 Å². The van der Waals surface area contributed by atoms with Crippen molar-refractivity contribution in [3.63, 3.8) is 0 Å². The second-order valence-electron chi connectivity index (χ2n) is 6.93. The summed E-state index contributed by atoms with van der Waals surface area (Å²) < 4.78 is 5.16. The summed E-state index contributed by atoms with van der Waals surface area (Å²) >= 11 is 1.35. The van der Waals surface area contributed by atoms with Crippen LogP contribution in [0.3, 0.4) is 0 Å². The predicted octanol–water partition coefficient (Wildman–Crippen LogP) is 3.51. The van der Waals surface area contributed by atoms with Gasteiger partial charge in [-0.25, -0.2) is 4.98 Å². The number of aromatic amines is 1. The fraction of sp³-hybridized carbons (Fsp3) is 0.526. The zero-order valence-corrected chi connectivity index (χ0v) is 16.3. The van der Waals surface area contributed by atoms with Crippen molar-refractivity contribution in [2.45, 2.75) is 44.3 Å². The van der Waals surface area contributed by atoms with Gasteiger partial charge < -0.3 is 10.1 Å². The van der Waals surface area contributed by atoms with E-state index in [9.17, 15) is 4.79 Å². The fourth-order valence-electron chi connectivity index (χ4n) is 3.35. The fourth-order valence-corrected chi connectivity index (χ4v) is 3.96. The minimum atomic E-state index is 0.0525. The van der Waals surface area contributed by atoms with Gasteiger partial charge in [-0.2, -0.15) is 0 Å². The van der Waals surface area contributed by atoms with Crippen LogP contribution in [0.2, 0.25) is 0 Å². The second-order valence-corrected chi connectivity index (χ2v) is 7.87. The lowest BCUT2D eigenvalue weighted by Crippen LogP contribution is -2.44. The molecule has 2 N–H and O–H groups in total. The summed E-state index contributed by atoms with van der Waals surface area (Å²) in [5.41, 5.74) is 0.930. The smallest absolute Gasteiger partial charge is 0.230 e. The molecule has 26 heavy (non-hydrogen) atoms. The van der Waals surface area contributed by atoms with Gasteiger partial charge in [0.2, 0.25) is 11.1 Å². The van der Waals surface area contributed by atoms with E-state index in [1.807, 2.05) is 24.3 Å². The summed E-state index contributed by atoms with van der Waals surface area (Å²) in [5.74, 6) is 3.06. The van der Waals surface area contributed by atoms with E-state index in [1.165, 1.54) is 24.6 Å². The maximum atomic E-state index is 12.3. The van der Waals surface area contributed by atoms with Crippen LogP contribution in [0.4, 0.5) is 0 Å². The number of rotatable bonds is 6. The number of amides is 1. The number of carbonyl (C=O) groups is 1. The molecule has 140 valence electrons. The lowest BCUT2D eigenvalue weighted by molar-refractivity contribution is -0.120. The largest absolute Gasteiger partial charge is 0.497 e. The van der Waals surface area contributed by atoms with Crippen molar-refractivity contribution in [3.8, 4) is 17.1 Å². The Morgan fingerprint density at radius 1 is 1.31 bits per heavy atom. The van der Waals surface area contributed by atoms with Crippen LogP contribution >= 0.6 is 11.8 Å². The zero-order valence-electron chi connectivity index (χ0n) is 15.5. The number of ether oxygens (including phenoxy) is 1. The molecule has 7 heteroatoms. The van der Waals surface area contributed by atoms with Gasteiger partial charge >= 0.3 is 0 Å². The molecule has 2 aromatic rings. The number of nitrogens with one attached hydrogen (secondary N) is 2. The van der Waals surface area contributed by atoms with Crippen LogP contribution < -0.4 is 10.1 Å². The van der Waals surface area contributed by atoms with E-state index in [2.05, 4.69) is 34.3 Å². The van der Waals surface area contributed by atoms with Gasteiger partial charge in [0, 0.05) is 11.6 Å². The van der Waals surface area contributed by atoms with Crippen LogP contribution in [-0.4, -0.2) is 40.0 Å². The molecule has 1 aromatic carbocycles. The van der Waals surface area contributed by atoms with Gasteiger partial charge in [0.25, 0.3) is 0 Å². The summed E-state index contributed by atoms with van der Waals surface area (Å²) in [7, 11) is 1.64. The first-order valence-corrected chi connectivity index (χ1v) is 10.0. The van der Waals surface area contributed by atoms with E-state index < -0.39 is 0 Å². The van der Waals surface area contributed by atoms with E-state index >= 15 is 0 Å². The van der Waals surface area contributed by atoms with E-state index in [-0.39, 0.29) is 11.9 Å². The van der Waals surface area contributed by atoms with Gasteiger partial charge in [-0.15, -0.1) is 5.10 Å². The number of benzene rings is 1. The Bertz CT molecular complexity index is 731. The number of hydrogen-bond donors (Lipinski definition) is 2. The highest BCUT2D eigenvalue weighted by atomic mass is 32.2. The van der Waals surface area contributed by atoms with Gasteiger partial charge in [-0.1, -0.05) is 38.5 Å². The van der Waals surface area contributed by atoms with Gasteiger partial charge in [0.15, 0.2) is 5.82 Å². The van der Waals surface area contributed by atoms with E-state index in [0.29, 0.717) is 28.6 Å². The monoisotopic (exact) mass is 374 g/mol. The molecular formula is C19H26N4O2S. The van der Waals surface area contributed by atoms with Gasteiger partial charge in [0.05, 0.1) is 12.9 Å². The maximum absolute atomic E-state index is 12.3. The molecule has 1 aliphatic carbocycles. The van der Waals surface area contributed by atoms with Crippen LogP contribution in [0.25, 0.3) is 11.4 Å². The number of H-pyrrole nitrogens is 1. The lowest BCUT2D eigenvalue weighted by Gasteiger charge is -2.34. The molecule has 0 aliphatic heterocycles. The van der Waals surface area contributed by atoms with Crippen molar-refractivity contribution < 1.29 is 9.53 Å². The molecule has 0 spiro atoms. The molecular weight excluding hydrogens is 348 g/mol. The van der Waals surface area contributed by atoms with Gasteiger partial charge in [0.1, 0.15) is 5.75 Å². The van der Waals surface area contributed by atoms with Crippen molar-refractivity contribution in [3.05, 3.63) is 24.3 Å². The first-order chi connectivity index (χ1) is 12.6. The number of nitrogens with zero attached hydrogens (tertiary/aromatic N) is 2. The molecule has 0 saturated heterocycles. The van der Waals surface area contributed by atoms with E-state index in [1.54, 1.807) is 7.11 Å². The molecule has 0 bridgehead atoms. The quantitative estimate of drug-likeness (QED) is 0.756. The molecule has 0 radical (unpaired) electrons. The van der Waals surface area contributed by atoms with Gasteiger partial charge in [-0.3, -0.25) is 9.89 Å². The average Bonchev–Trinajstić information content (AvgIpc) is 3.13. The number of carbonyl (C=O) groups excluding carboxylic acids is 1. The van der Waals surface area contributed by atoms with Crippen LogP contribution in [0.5, 0.6) is 5.75 Å². The zero-order chi connectivity index (χ0) is 18.5. The minimum Gasteiger partial charge on any atom is -0.497 e. The normalized spacial score (nSPS) is 22.8.